The lowest BCUT2D eigenvalue weighted by molar-refractivity contribution is -0.125. The molecule has 0 spiro atoms. The van der Waals surface area contributed by atoms with E-state index in [9.17, 15) is 9.59 Å². The quantitative estimate of drug-likeness (QED) is 0.368. The van der Waals surface area contributed by atoms with E-state index in [0.29, 0.717) is 18.0 Å². The summed E-state index contributed by atoms with van der Waals surface area (Å²) in [6.45, 7) is 9.09. The van der Waals surface area contributed by atoms with Crippen LogP contribution in [-0.4, -0.2) is 32.6 Å². The van der Waals surface area contributed by atoms with Crippen LogP contribution in [0, 0.1) is 5.92 Å². The van der Waals surface area contributed by atoms with E-state index in [1.54, 1.807) is 13.2 Å². The Morgan fingerprint density at radius 1 is 1.14 bits per heavy atom. The molecule has 29 heavy (non-hydrogen) atoms. The second kappa shape index (κ2) is 10.3. The van der Waals surface area contributed by atoms with Crippen molar-refractivity contribution in [2.24, 2.45) is 5.92 Å². The Morgan fingerprint density at radius 2 is 1.83 bits per heavy atom. The molecule has 0 atom stereocenters. The van der Waals surface area contributed by atoms with Gasteiger partial charge in [0.25, 0.3) is 0 Å². The standard InChI is InChI=1S/C24H31NO4/c1-17(2)13-25-23(27)24(3,4)20-11-9-18(10-12-20)21-8-6-7-19(14-26)22(21)15-29-16-28-5/h6-12,14,17H,13,15-16H2,1-5H3,(H,25,27). The van der Waals surface area contributed by atoms with Gasteiger partial charge >= 0.3 is 0 Å². The lowest BCUT2D eigenvalue weighted by Crippen LogP contribution is -2.41. The van der Waals surface area contributed by atoms with E-state index in [1.807, 2.05) is 50.2 Å². The maximum atomic E-state index is 12.6. The number of amides is 1. The molecule has 1 N–H and O–H groups in total. The van der Waals surface area contributed by atoms with E-state index >= 15 is 0 Å². The average Bonchev–Trinajstić information content (AvgIpc) is 2.72. The van der Waals surface area contributed by atoms with Gasteiger partial charge in [-0.2, -0.15) is 0 Å². The summed E-state index contributed by atoms with van der Waals surface area (Å²) in [7, 11) is 1.56. The van der Waals surface area contributed by atoms with Gasteiger partial charge in [0.1, 0.15) is 13.1 Å². The van der Waals surface area contributed by atoms with Crippen molar-refractivity contribution in [1.29, 1.82) is 0 Å². The number of rotatable bonds is 10. The summed E-state index contributed by atoms with van der Waals surface area (Å²) in [4.78, 5) is 24.1. The normalized spacial score (nSPS) is 11.5. The molecule has 0 aromatic heterocycles. The molecule has 2 rings (SSSR count). The predicted molar refractivity (Wildman–Crippen MR) is 115 cm³/mol. The highest BCUT2D eigenvalue weighted by Crippen LogP contribution is 2.30. The molecule has 0 fully saturated rings. The van der Waals surface area contributed by atoms with E-state index in [1.165, 1.54) is 0 Å². The maximum absolute atomic E-state index is 12.6. The highest BCUT2D eigenvalue weighted by Gasteiger charge is 2.29. The van der Waals surface area contributed by atoms with Gasteiger partial charge in [-0.05, 0) is 42.0 Å². The molecular formula is C24H31NO4. The molecule has 0 saturated carbocycles. The monoisotopic (exact) mass is 397 g/mol. The van der Waals surface area contributed by atoms with Crippen LogP contribution in [-0.2, 0) is 26.3 Å². The van der Waals surface area contributed by atoms with Gasteiger partial charge < -0.3 is 14.8 Å². The third kappa shape index (κ3) is 5.75. The zero-order valence-electron chi connectivity index (χ0n) is 18.0. The molecule has 0 aliphatic rings. The molecular weight excluding hydrogens is 366 g/mol. The lowest BCUT2D eigenvalue weighted by Gasteiger charge is -2.25. The number of aldehydes is 1. The Bertz CT molecular complexity index is 825. The molecule has 0 aliphatic carbocycles. The van der Waals surface area contributed by atoms with Crippen LogP contribution in [0.25, 0.3) is 11.1 Å². The number of nitrogens with one attached hydrogen (secondary N) is 1. The van der Waals surface area contributed by atoms with Gasteiger partial charge in [0.2, 0.25) is 5.91 Å². The van der Waals surface area contributed by atoms with Crippen LogP contribution in [0.5, 0.6) is 0 Å². The van der Waals surface area contributed by atoms with Crippen LogP contribution < -0.4 is 5.32 Å². The summed E-state index contributed by atoms with van der Waals surface area (Å²) in [6, 6.07) is 13.5. The van der Waals surface area contributed by atoms with Crippen molar-refractivity contribution in [3.8, 4) is 11.1 Å². The molecule has 0 saturated heterocycles. The Kier molecular flexibility index (Phi) is 8.11. The molecule has 5 heteroatoms. The van der Waals surface area contributed by atoms with Crippen LogP contribution in [0.4, 0.5) is 0 Å². The van der Waals surface area contributed by atoms with Gasteiger partial charge in [0.05, 0.1) is 12.0 Å². The minimum atomic E-state index is -0.636. The fourth-order valence-corrected chi connectivity index (χ4v) is 3.09. The van der Waals surface area contributed by atoms with E-state index < -0.39 is 5.41 Å². The van der Waals surface area contributed by atoms with Gasteiger partial charge in [0.15, 0.2) is 0 Å². The minimum absolute atomic E-state index is 0.00977. The molecule has 1 amide bonds. The van der Waals surface area contributed by atoms with Crippen LogP contribution in [0.2, 0.25) is 0 Å². The number of hydrogen-bond acceptors (Lipinski definition) is 4. The molecule has 0 unspecified atom stereocenters. The summed E-state index contributed by atoms with van der Waals surface area (Å²) in [5, 5.41) is 3.01. The maximum Gasteiger partial charge on any atom is 0.230 e. The highest BCUT2D eigenvalue weighted by atomic mass is 16.7. The van der Waals surface area contributed by atoms with Crippen molar-refractivity contribution in [3.05, 3.63) is 59.2 Å². The summed E-state index contributed by atoms with van der Waals surface area (Å²) < 4.78 is 10.4. The summed E-state index contributed by atoms with van der Waals surface area (Å²) >= 11 is 0. The zero-order valence-corrected chi connectivity index (χ0v) is 18.0. The third-order valence-corrected chi connectivity index (χ3v) is 4.94. The number of hydrogen-bond donors (Lipinski definition) is 1. The van der Waals surface area contributed by atoms with Crippen molar-refractivity contribution in [2.75, 3.05) is 20.4 Å². The highest BCUT2D eigenvalue weighted by molar-refractivity contribution is 5.88. The first-order valence-electron chi connectivity index (χ1n) is 9.84. The minimum Gasteiger partial charge on any atom is -0.359 e. The molecule has 0 radical (unpaired) electrons. The van der Waals surface area contributed by atoms with Crippen molar-refractivity contribution < 1.29 is 19.1 Å². The number of ether oxygens (including phenoxy) is 2. The van der Waals surface area contributed by atoms with Gasteiger partial charge in [-0.15, -0.1) is 0 Å². The van der Waals surface area contributed by atoms with E-state index in [0.717, 1.165) is 28.5 Å². The number of benzene rings is 2. The lowest BCUT2D eigenvalue weighted by atomic mass is 9.82. The van der Waals surface area contributed by atoms with Crippen LogP contribution in [0.1, 0.15) is 49.2 Å². The van der Waals surface area contributed by atoms with Gasteiger partial charge in [-0.3, -0.25) is 9.59 Å². The molecule has 0 aliphatic heterocycles. The van der Waals surface area contributed by atoms with Crippen LogP contribution >= 0.6 is 0 Å². The first-order valence-corrected chi connectivity index (χ1v) is 9.84. The smallest absolute Gasteiger partial charge is 0.230 e. The summed E-state index contributed by atoms with van der Waals surface area (Å²) in [6.07, 6.45) is 0.839. The van der Waals surface area contributed by atoms with Crippen molar-refractivity contribution in [3.63, 3.8) is 0 Å². The molecule has 156 valence electrons. The predicted octanol–water partition coefficient (Wildman–Crippen LogP) is 4.34. The van der Waals surface area contributed by atoms with Crippen LogP contribution in [0.15, 0.2) is 42.5 Å². The zero-order chi connectivity index (χ0) is 21.4. The van der Waals surface area contributed by atoms with E-state index in [-0.39, 0.29) is 19.3 Å². The Balaban J connectivity index is 2.30. The van der Waals surface area contributed by atoms with E-state index in [4.69, 9.17) is 9.47 Å². The van der Waals surface area contributed by atoms with Gasteiger partial charge in [0, 0.05) is 19.2 Å². The first-order chi connectivity index (χ1) is 13.8. The number of methoxy groups -OCH3 is 1. The SMILES string of the molecule is COCOCc1c(C=O)cccc1-c1ccc(C(C)(C)C(=O)NCC(C)C)cc1. The van der Waals surface area contributed by atoms with E-state index in [2.05, 4.69) is 19.2 Å². The molecule has 0 bridgehead atoms. The van der Waals surface area contributed by atoms with Crippen molar-refractivity contribution in [2.45, 2.75) is 39.7 Å². The molecule has 2 aromatic rings. The Labute approximate surface area is 173 Å². The average molecular weight is 398 g/mol. The summed E-state index contributed by atoms with van der Waals surface area (Å²) in [5.41, 5.74) is 3.61. The van der Waals surface area contributed by atoms with Crippen LogP contribution in [0.3, 0.4) is 0 Å². The third-order valence-electron chi connectivity index (χ3n) is 4.94. The second-order valence-corrected chi connectivity index (χ2v) is 8.05. The van der Waals surface area contributed by atoms with Gasteiger partial charge in [-0.25, -0.2) is 0 Å². The Morgan fingerprint density at radius 3 is 2.41 bits per heavy atom. The van der Waals surface area contributed by atoms with Gasteiger partial charge in [-0.1, -0.05) is 56.3 Å². The Hall–Kier alpha value is -2.50. The summed E-state index contributed by atoms with van der Waals surface area (Å²) in [5.74, 6) is 0.413. The fraction of sp³-hybridized carbons (Fsp3) is 0.417. The molecule has 0 heterocycles. The number of carbonyl (C=O) groups is 2. The largest absolute Gasteiger partial charge is 0.359 e. The number of carbonyl (C=O) groups excluding carboxylic acids is 2. The fourth-order valence-electron chi connectivity index (χ4n) is 3.09. The molecule has 2 aromatic carbocycles. The second-order valence-electron chi connectivity index (χ2n) is 8.05. The molecule has 5 nitrogen and oxygen atoms in total. The topological polar surface area (TPSA) is 64.6 Å². The van der Waals surface area contributed by atoms with Crippen molar-refractivity contribution in [1.82, 2.24) is 5.32 Å². The first kappa shape index (κ1) is 22.8. The van der Waals surface area contributed by atoms with Crippen molar-refractivity contribution >= 4 is 12.2 Å².